The van der Waals surface area contributed by atoms with Crippen LogP contribution in [0.2, 0.25) is 0 Å². The van der Waals surface area contributed by atoms with Crippen molar-refractivity contribution in [3.63, 3.8) is 0 Å². The van der Waals surface area contributed by atoms with Crippen molar-refractivity contribution in [2.75, 3.05) is 10.6 Å². The Kier molecular flexibility index (Phi) is 4.90. The zero-order chi connectivity index (χ0) is 15.2. The van der Waals surface area contributed by atoms with Crippen LogP contribution < -0.4 is 10.6 Å². The molecule has 2 aromatic rings. The van der Waals surface area contributed by atoms with E-state index in [2.05, 4.69) is 10.6 Å². The van der Waals surface area contributed by atoms with Crippen LogP contribution in [0.15, 0.2) is 41.8 Å². The van der Waals surface area contributed by atoms with E-state index < -0.39 is 0 Å². The van der Waals surface area contributed by atoms with Gasteiger partial charge < -0.3 is 10.6 Å². The molecular weight excluding hydrogens is 284 g/mol. The number of hydrogen-bond acceptors (Lipinski definition) is 3. The van der Waals surface area contributed by atoms with Gasteiger partial charge >= 0.3 is 0 Å². The predicted molar refractivity (Wildman–Crippen MR) is 87.5 cm³/mol. The van der Waals surface area contributed by atoms with Crippen LogP contribution in [-0.4, -0.2) is 11.8 Å². The van der Waals surface area contributed by atoms with Gasteiger partial charge in [-0.3, -0.25) is 9.59 Å². The van der Waals surface area contributed by atoms with E-state index in [1.54, 1.807) is 29.5 Å². The van der Waals surface area contributed by atoms with Crippen LogP contribution in [0.5, 0.6) is 0 Å². The topological polar surface area (TPSA) is 58.2 Å². The lowest BCUT2D eigenvalue weighted by Crippen LogP contribution is -2.10. The number of thiophene rings is 1. The van der Waals surface area contributed by atoms with Gasteiger partial charge in [0.05, 0.1) is 0 Å². The molecule has 0 saturated heterocycles. The van der Waals surface area contributed by atoms with Crippen molar-refractivity contribution in [2.24, 2.45) is 0 Å². The van der Waals surface area contributed by atoms with Gasteiger partial charge in [-0.05, 0) is 42.1 Å². The molecule has 1 heterocycles. The fourth-order valence-electron chi connectivity index (χ4n) is 1.75. The molecule has 0 aliphatic rings. The maximum atomic E-state index is 11.8. The molecule has 0 aliphatic carbocycles. The van der Waals surface area contributed by atoms with E-state index >= 15 is 0 Å². The van der Waals surface area contributed by atoms with Crippen molar-refractivity contribution in [1.82, 2.24) is 0 Å². The molecule has 2 rings (SSSR count). The second kappa shape index (κ2) is 6.85. The Hall–Kier alpha value is -2.40. The number of benzene rings is 1. The smallest absolute Gasteiger partial charge is 0.248 e. The molecule has 2 amide bonds. The maximum absolute atomic E-state index is 11.8. The molecular formula is C16H16N2O2S. The number of nitrogens with one attached hydrogen (secondary N) is 2. The number of aryl methyl sites for hydroxylation is 1. The van der Waals surface area contributed by atoms with Gasteiger partial charge in [-0.1, -0.05) is 12.1 Å². The van der Waals surface area contributed by atoms with Crippen molar-refractivity contribution >= 4 is 40.6 Å². The Morgan fingerprint density at radius 2 is 2.00 bits per heavy atom. The zero-order valence-electron chi connectivity index (χ0n) is 11.8. The molecule has 0 spiro atoms. The molecule has 0 saturated carbocycles. The predicted octanol–water partition coefficient (Wildman–Crippen LogP) is 3.67. The van der Waals surface area contributed by atoms with Crippen LogP contribution in [0.25, 0.3) is 6.08 Å². The van der Waals surface area contributed by atoms with E-state index in [0.29, 0.717) is 11.4 Å². The van der Waals surface area contributed by atoms with Crippen molar-refractivity contribution < 1.29 is 9.59 Å². The third-order valence-corrected chi connectivity index (χ3v) is 3.60. The lowest BCUT2D eigenvalue weighted by molar-refractivity contribution is -0.114. The Balaban J connectivity index is 2.05. The van der Waals surface area contributed by atoms with Crippen molar-refractivity contribution in [2.45, 2.75) is 13.8 Å². The van der Waals surface area contributed by atoms with Crippen LogP contribution >= 0.6 is 11.3 Å². The van der Waals surface area contributed by atoms with Gasteiger partial charge in [0.25, 0.3) is 0 Å². The summed E-state index contributed by atoms with van der Waals surface area (Å²) in [6.07, 6.45) is 3.26. The van der Waals surface area contributed by atoms with E-state index in [1.807, 2.05) is 30.5 Å². The molecule has 0 aliphatic heterocycles. The van der Waals surface area contributed by atoms with E-state index in [4.69, 9.17) is 0 Å². The van der Waals surface area contributed by atoms with Gasteiger partial charge in [0.1, 0.15) is 0 Å². The van der Waals surface area contributed by atoms with Gasteiger partial charge in [0.15, 0.2) is 0 Å². The summed E-state index contributed by atoms with van der Waals surface area (Å²) in [6, 6.07) is 9.27. The summed E-state index contributed by atoms with van der Waals surface area (Å²) in [5, 5.41) is 7.46. The lowest BCUT2D eigenvalue weighted by Gasteiger charge is -2.09. The summed E-state index contributed by atoms with van der Waals surface area (Å²) in [5.41, 5.74) is 2.28. The first kappa shape index (κ1) is 15.0. The van der Waals surface area contributed by atoms with Gasteiger partial charge in [-0.25, -0.2) is 0 Å². The average molecular weight is 300 g/mol. The molecule has 108 valence electrons. The molecule has 2 N–H and O–H groups in total. The number of anilines is 2. The number of hydrogen-bond donors (Lipinski definition) is 2. The van der Waals surface area contributed by atoms with Crippen LogP contribution in [0.1, 0.15) is 17.4 Å². The van der Waals surface area contributed by atoms with Crippen molar-refractivity contribution in [1.29, 1.82) is 0 Å². The summed E-state index contributed by atoms with van der Waals surface area (Å²) in [5.74, 6) is -0.347. The Labute approximate surface area is 127 Å². The quantitative estimate of drug-likeness (QED) is 0.846. The minimum Gasteiger partial charge on any atom is -0.326 e. The third-order valence-electron chi connectivity index (χ3n) is 2.76. The fraction of sp³-hybridized carbons (Fsp3) is 0.125. The molecule has 4 nitrogen and oxygen atoms in total. The molecule has 0 atom stereocenters. The van der Waals surface area contributed by atoms with Crippen molar-refractivity contribution in [3.05, 3.63) is 52.2 Å². The first-order valence-corrected chi connectivity index (χ1v) is 7.33. The number of amides is 2. The minimum absolute atomic E-state index is 0.140. The van der Waals surface area contributed by atoms with Gasteiger partial charge in [-0.2, -0.15) is 0 Å². The monoisotopic (exact) mass is 300 g/mol. The highest BCUT2D eigenvalue weighted by Crippen LogP contribution is 2.20. The largest absolute Gasteiger partial charge is 0.326 e. The molecule has 1 aromatic heterocycles. The van der Waals surface area contributed by atoms with Crippen LogP contribution in [0.4, 0.5) is 11.4 Å². The minimum atomic E-state index is -0.207. The molecule has 21 heavy (non-hydrogen) atoms. The van der Waals surface area contributed by atoms with Crippen LogP contribution in [0, 0.1) is 6.92 Å². The Bertz CT molecular complexity index is 676. The van der Waals surface area contributed by atoms with Gasteiger partial charge in [0.2, 0.25) is 11.8 Å². The van der Waals surface area contributed by atoms with E-state index in [1.165, 1.54) is 13.0 Å². The fourth-order valence-corrected chi connectivity index (χ4v) is 2.37. The van der Waals surface area contributed by atoms with Gasteiger partial charge in [-0.15, -0.1) is 11.3 Å². The van der Waals surface area contributed by atoms with Gasteiger partial charge in [0, 0.05) is 29.3 Å². The summed E-state index contributed by atoms with van der Waals surface area (Å²) in [7, 11) is 0. The lowest BCUT2D eigenvalue weighted by atomic mass is 10.1. The van der Waals surface area contributed by atoms with Crippen molar-refractivity contribution in [3.8, 4) is 0 Å². The second-order valence-electron chi connectivity index (χ2n) is 4.55. The standard InChI is InChI=1S/C16H16N2O2S/c1-11-5-6-13(10-15(11)17-12(2)19)18-16(20)8-7-14-4-3-9-21-14/h3-10H,1-2H3,(H,17,19)(H,18,20)/b8-7+. The molecule has 5 heteroatoms. The second-order valence-corrected chi connectivity index (χ2v) is 5.53. The number of rotatable bonds is 4. The summed E-state index contributed by atoms with van der Waals surface area (Å²) >= 11 is 1.57. The first-order chi connectivity index (χ1) is 10.0. The van der Waals surface area contributed by atoms with E-state index in [0.717, 1.165) is 10.4 Å². The summed E-state index contributed by atoms with van der Waals surface area (Å²) < 4.78 is 0. The van der Waals surface area contributed by atoms with Crippen LogP contribution in [0.3, 0.4) is 0 Å². The normalized spacial score (nSPS) is 10.6. The highest BCUT2D eigenvalue weighted by atomic mass is 32.1. The maximum Gasteiger partial charge on any atom is 0.248 e. The van der Waals surface area contributed by atoms with Crippen LogP contribution in [-0.2, 0) is 9.59 Å². The number of carbonyl (C=O) groups is 2. The molecule has 0 radical (unpaired) electrons. The highest BCUT2D eigenvalue weighted by Gasteiger charge is 2.04. The molecule has 0 fully saturated rings. The third kappa shape index (κ3) is 4.57. The Morgan fingerprint density at radius 3 is 2.67 bits per heavy atom. The zero-order valence-corrected chi connectivity index (χ0v) is 12.7. The highest BCUT2D eigenvalue weighted by molar-refractivity contribution is 7.10. The Morgan fingerprint density at radius 1 is 1.19 bits per heavy atom. The molecule has 1 aromatic carbocycles. The average Bonchev–Trinajstić information content (AvgIpc) is 2.93. The SMILES string of the molecule is CC(=O)Nc1cc(NC(=O)/C=C/c2cccs2)ccc1C. The number of carbonyl (C=O) groups excluding carboxylic acids is 2. The first-order valence-electron chi connectivity index (χ1n) is 6.45. The summed E-state index contributed by atoms with van der Waals surface area (Å²) in [4.78, 5) is 24.0. The summed E-state index contributed by atoms with van der Waals surface area (Å²) in [6.45, 7) is 3.35. The van der Waals surface area contributed by atoms with E-state index in [-0.39, 0.29) is 11.8 Å². The molecule has 0 unspecified atom stereocenters. The molecule has 0 bridgehead atoms. The van der Waals surface area contributed by atoms with E-state index in [9.17, 15) is 9.59 Å².